The molecule has 0 fully saturated rings. The Morgan fingerprint density at radius 2 is 1.58 bits per heavy atom. The van der Waals surface area contributed by atoms with E-state index in [2.05, 4.69) is 26.0 Å². The molecule has 131 valence electrons. The monoisotopic (exact) mass is 324 g/mol. The zero-order valence-electron chi connectivity index (χ0n) is 15.8. The van der Waals surface area contributed by atoms with E-state index in [1.54, 1.807) is 22.3 Å². The molecule has 3 rings (SSSR count). The summed E-state index contributed by atoms with van der Waals surface area (Å²) in [6.45, 7) is 4.60. The van der Waals surface area contributed by atoms with E-state index >= 15 is 0 Å². The van der Waals surface area contributed by atoms with E-state index in [-0.39, 0.29) is 0 Å². The zero-order valence-corrected chi connectivity index (χ0v) is 15.8. The van der Waals surface area contributed by atoms with Crippen molar-refractivity contribution in [2.45, 2.75) is 97.3 Å². The maximum atomic E-state index is 4.95. The second kappa shape index (κ2) is 8.74. The first-order chi connectivity index (χ1) is 11.8. The molecule has 0 aromatic heterocycles. The van der Waals surface area contributed by atoms with E-state index < -0.39 is 0 Å². The minimum Gasteiger partial charge on any atom is -0.253 e. The van der Waals surface area contributed by atoms with Gasteiger partial charge in [0.15, 0.2) is 0 Å². The van der Waals surface area contributed by atoms with Crippen LogP contribution in [0.3, 0.4) is 0 Å². The SMILES string of the molecule is CCCCCCc1ccc2c(c1CCCCCC)C1=C(CCC1)[N]2. The molecule has 1 radical (unpaired) electrons. The second-order valence-electron chi connectivity index (χ2n) is 7.61. The fraction of sp³-hybridized carbons (Fsp3) is 0.652. The number of benzene rings is 1. The number of rotatable bonds is 10. The predicted octanol–water partition coefficient (Wildman–Crippen LogP) is 7.08. The van der Waals surface area contributed by atoms with Gasteiger partial charge in [0, 0.05) is 11.3 Å². The van der Waals surface area contributed by atoms with Gasteiger partial charge in [0.25, 0.3) is 0 Å². The van der Waals surface area contributed by atoms with E-state index in [0.717, 1.165) is 0 Å². The lowest BCUT2D eigenvalue weighted by Crippen LogP contribution is -2.01. The highest BCUT2D eigenvalue weighted by molar-refractivity contribution is 5.86. The summed E-state index contributed by atoms with van der Waals surface area (Å²) in [5.41, 5.74) is 9.14. The highest BCUT2D eigenvalue weighted by atomic mass is 14.9. The highest BCUT2D eigenvalue weighted by Gasteiger charge is 2.29. The van der Waals surface area contributed by atoms with E-state index in [0.29, 0.717) is 0 Å². The molecule has 0 saturated heterocycles. The highest BCUT2D eigenvalue weighted by Crippen LogP contribution is 2.46. The molecule has 0 atom stereocenters. The van der Waals surface area contributed by atoms with E-state index in [4.69, 9.17) is 5.32 Å². The third kappa shape index (κ3) is 3.87. The van der Waals surface area contributed by atoms with Gasteiger partial charge in [-0.3, -0.25) is 5.32 Å². The van der Waals surface area contributed by atoms with Crippen molar-refractivity contribution < 1.29 is 0 Å². The first-order valence-corrected chi connectivity index (χ1v) is 10.4. The van der Waals surface area contributed by atoms with Crippen molar-refractivity contribution in [1.82, 2.24) is 5.32 Å². The van der Waals surface area contributed by atoms with Gasteiger partial charge in [0.2, 0.25) is 0 Å². The smallest absolute Gasteiger partial charge is 0.0711 e. The molecule has 1 nitrogen and oxygen atoms in total. The van der Waals surface area contributed by atoms with E-state index in [1.165, 1.54) is 94.9 Å². The van der Waals surface area contributed by atoms with Gasteiger partial charge in [-0.15, -0.1) is 0 Å². The lowest BCUT2D eigenvalue weighted by Gasteiger charge is -2.16. The summed E-state index contributed by atoms with van der Waals surface area (Å²) in [4.78, 5) is 0. The molecular formula is C23H34N. The Bertz CT molecular complexity index is 582. The summed E-state index contributed by atoms with van der Waals surface area (Å²) >= 11 is 0. The van der Waals surface area contributed by atoms with Gasteiger partial charge in [-0.05, 0) is 67.7 Å². The molecule has 0 bridgehead atoms. The number of allylic oxidation sites excluding steroid dienone is 2. The Morgan fingerprint density at radius 1 is 0.833 bits per heavy atom. The number of unbranched alkanes of at least 4 members (excludes halogenated alkanes) is 6. The summed E-state index contributed by atoms with van der Waals surface area (Å²) in [5.74, 6) is 0. The Balaban J connectivity index is 1.78. The average Bonchev–Trinajstić information content (AvgIpc) is 3.17. The molecule has 0 spiro atoms. The van der Waals surface area contributed by atoms with Crippen LogP contribution in [0.15, 0.2) is 17.8 Å². The molecule has 0 saturated carbocycles. The normalized spacial score (nSPS) is 15.6. The van der Waals surface area contributed by atoms with Crippen LogP contribution in [0.2, 0.25) is 0 Å². The first kappa shape index (κ1) is 17.6. The van der Waals surface area contributed by atoms with Crippen molar-refractivity contribution in [1.29, 1.82) is 0 Å². The van der Waals surface area contributed by atoms with Crippen LogP contribution in [0.1, 0.15) is 101 Å². The van der Waals surface area contributed by atoms with Crippen LogP contribution in [0.5, 0.6) is 0 Å². The van der Waals surface area contributed by atoms with Gasteiger partial charge in [0.1, 0.15) is 0 Å². The molecule has 24 heavy (non-hydrogen) atoms. The van der Waals surface area contributed by atoms with Crippen molar-refractivity contribution in [2.24, 2.45) is 0 Å². The maximum absolute atomic E-state index is 4.95. The third-order valence-electron chi connectivity index (χ3n) is 5.71. The van der Waals surface area contributed by atoms with E-state index in [1.807, 2.05) is 0 Å². The quantitative estimate of drug-likeness (QED) is 0.408. The fourth-order valence-corrected chi connectivity index (χ4v) is 4.36. The Labute approximate surface area is 148 Å². The summed E-state index contributed by atoms with van der Waals surface area (Å²) in [6.07, 6.45) is 17.1. The summed E-state index contributed by atoms with van der Waals surface area (Å²) < 4.78 is 0. The van der Waals surface area contributed by atoms with E-state index in [9.17, 15) is 0 Å². The number of fused-ring (bicyclic) bond motifs is 2. The zero-order chi connectivity index (χ0) is 16.8. The molecule has 0 unspecified atom stereocenters. The molecular weight excluding hydrogens is 290 g/mol. The van der Waals surface area contributed by atoms with Crippen LogP contribution in [-0.4, -0.2) is 0 Å². The molecule has 1 aliphatic carbocycles. The molecule has 1 aromatic rings. The molecule has 1 heteroatoms. The maximum Gasteiger partial charge on any atom is 0.0711 e. The van der Waals surface area contributed by atoms with Gasteiger partial charge in [-0.2, -0.15) is 0 Å². The largest absolute Gasteiger partial charge is 0.253 e. The van der Waals surface area contributed by atoms with Crippen LogP contribution < -0.4 is 5.32 Å². The average molecular weight is 325 g/mol. The van der Waals surface area contributed by atoms with Crippen LogP contribution in [0.4, 0.5) is 5.69 Å². The van der Waals surface area contributed by atoms with Gasteiger partial charge >= 0.3 is 0 Å². The summed E-state index contributed by atoms with van der Waals surface area (Å²) in [5, 5.41) is 4.95. The summed E-state index contributed by atoms with van der Waals surface area (Å²) in [6, 6.07) is 4.70. The Morgan fingerprint density at radius 3 is 2.33 bits per heavy atom. The molecule has 0 N–H and O–H groups in total. The Hall–Kier alpha value is -1.24. The summed E-state index contributed by atoms with van der Waals surface area (Å²) in [7, 11) is 0. The van der Waals surface area contributed by atoms with Gasteiger partial charge in [-0.1, -0.05) is 58.4 Å². The van der Waals surface area contributed by atoms with Crippen LogP contribution in [0.25, 0.3) is 5.57 Å². The minimum atomic E-state index is 1.20. The number of aryl methyl sites for hydroxylation is 1. The predicted molar refractivity (Wildman–Crippen MR) is 105 cm³/mol. The van der Waals surface area contributed by atoms with Crippen molar-refractivity contribution in [3.8, 4) is 0 Å². The number of nitrogens with zero attached hydrogens (tertiary/aromatic N) is 1. The number of hydrogen-bond donors (Lipinski definition) is 0. The first-order valence-electron chi connectivity index (χ1n) is 10.4. The molecule has 0 amide bonds. The van der Waals surface area contributed by atoms with Gasteiger partial charge in [0.05, 0.1) is 5.69 Å². The molecule has 1 heterocycles. The Kier molecular flexibility index (Phi) is 6.40. The third-order valence-corrected chi connectivity index (χ3v) is 5.71. The standard InChI is InChI=1S/C23H34N/c1-3-5-7-9-12-18-16-17-22-23(19(18)13-10-8-6-4-2)20-14-11-15-21(20)24-22/h16-17H,3-15H2,1-2H3. The lowest BCUT2D eigenvalue weighted by molar-refractivity contribution is 0.650. The van der Waals surface area contributed by atoms with Crippen molar-refractivity contribution in [3.05, 3.63) is 34.5 Å². The van der Waals surface area contributed by atoms with Crippen LogP contribution in [-0.2, 0) is 12.8 Å². The lowest BCUT2D eigenvalue weighted by atomic mass is 9.88. The van der Waals surface area contributed by atoms with Gasteiger partial charge < -0.3 is 0 Å². The minimum absolute atomic E-state index is 1.20. The topological polar surface area (TPSA) is 14.1 Å². The van der Waals surface area contributed by atoms with Crippen molar-refractivity contribution in [3.63, 3.8) is 0 Å². The van der Waals surface area contributed by atoms with Crippen LogP contribution in [0, 0.1) is 0 Å². The second-order valence-corrected chi connectivity index (χ2v) is 7.61. The van der Waals surface area contributed by atoms with Crippen molar-refractivity contribution in [2.75, 3.05) is 0 Å². The number of hydrogen-bond acceptors (Lipinski definition) is 0. The fourth-order valence-electron chi connectivity index (χ4n) is 4.36. The molecule has 1 aliphatic heterocycles. The van der Waals surface area contributed by atoms with Crippen molar-refractivity contribution >= 4 is 11.3 Å². The molecule has 2 aliphatic rings. The molecule has 1 aromatic carbocycles. The van der Waals surface area contributed by atoms with Crippen LogP contribution >= 0.6 is 0 Å². The van der Waals surface area contributed by atoms with Gasteiger partial charge in [-0.25, -0.2) is 0 Å².